The Balaban J connectivity index is 1.47. The van der Waals surface area contributed by atoms with Crippen LogP contribution in [0.1, 0.15) is 43.7 Å². The fourth-order valence-corrected chi connectivity index (χ4v) is 3.24. The molecule has 0 aromatic heterocycles. The molecule has 1 aliphatic heterocycles. The summed E-state index contributed by atoms with van der Waals surface area (Å²) < 4.78 is 0. The van der Waals surface area contributed by atoms with Gasteiger partial charge in [0.15, 0.2) is 0 Å². The van der Waals surface area contributed by atoms with Crippen LogP contribution in [0, 0.1) is 0 Å². The number of hydrogen-bond donors (Lipinski definition) is 1. The first-order valence-corrected chi connectivity index (χ1v) is 7.91. The summed E-state index contributed by atoms with van der Waals surface area (Å²) in [6, 6.07) is 10.5. The second-order valence-electron chi connectivity index (χ2n) is 6.04. The maximum atomic E-state index is 3.77. The summed E-state index contributed by atoms with van der Waals surface area (Å²) in [6.45, 7) is 5.89. The van der Waals surface area contributed by atoms with Gasteiger partial charge in [0.1, 0.15) is 0 Å². The highest BCUT2D eigenvalue weighted by molar-refractivity contribution is 5.26. The fraction of sp³-hybridized carbons (Fsp3) is 0.647. The first-order valence-electron chi connectivity index (χ1n) is 7.91. The lowest BCUT2D eigenvalue weighted by atomic mass is 10.0. The number of aryl methyl sites for hydroxylation is 1. The molecule has 0 radical (unpaired) electrons. The highest BCUT2D eigenvalue weighted by Crippen LogP contribution is 2.29. The van der Waals surface area contributed by atoms with Crippen LogP contribution in [-0.4, -0.2) is 30.1 Å². The predicted octanol–water partition coefficient (Wildman–Crippen LogP) is 2.97. The third-order valence-corrected chi connectivity index (χ3v) is 4.67. The minimum Gasteiger partial charge on any atom is -0.310 e. The predicted molar refractivity (Wildman–Crippen MR) is 80.3 cm³/mol. The topological polar surface area (TPSA) is 15.3 Å². The van der Waals surface area contributed by atoms with Crippen molar-refractivity contribution in [3.63, 3.8) is 0 Å². The standard InChI is InChI=1S/C17H26N2/c1-2-14-5-3-4-6-15(14)13-18-16-9-11-19(12-10-16)17-7-8-17/h3-6,16-18H,2,7-13H2,1H3. The van der Waals surface area contributed by atoms with Crippen LogP contribution in [0.4, 0.5) is 0 Å². The molecule has 104 valence electrons. The van der Waals surface area contributed by atoms with Gasteiger partial charge in [0.25, 0.3) is 0 Å². The summed E-state index contributed by atoms with van der Waals surface area (Å²) in [5.74, 6) is 0. The van der Waals surface area contributed by atoms with E-state index in [4.69, 9.17) is 0 Å². The van der Waals surface area contributed by atoms with E-state index in [1.54, 1.807) is 0 Å². The Morgan fingerprint density at radius 3 is 2.37 bits per heavy atom. The van der Waals surface area contributed by atoms with Crippen molar-refractivity contribution in [2.45, 2.75) is 57.7 Å². The summed E-state index contributed by atoms with van der Waals surface area (Å²) in [5.41, 5.74) is 2.97. The monoisotopic (exact) mass is 258 g/mol. The van der Waals surface area contributed by atoms with Crippen molar-refractivity contribution in [2.24, 2.45) is 0 Å². The van der Waals surface area contributed by atoms with Crippen LogP contribution in [0.15, 0.2) is 24.3 Å². The van der Waals surface area contributed by atoms with Crippen LogP contribution >= 0.6 is 0 Å². The van der Waals surface area contributed by atoms with Crippen molar-refractivity contribution in [3.8, 4) is 0 Å². The average molecular weight is 258 g/mol. The van der Waals surface area contributed by atoms with Crippen molar-refractivity contribution < 1.29 is 0 Å². The van der Waals surface area contributed by atoms with Gasteiger partial charge < -0.3 is 10.2 Å². The van der Waals surface area contributed by atoms with E-state index in [2.05, 4.69) is 41.4 Å². The van der Waals surface area contributed by atoms with Gasteiger partial charge in [-0.15, -0.1) is 0 Å². The van der Waals surface area contributed by atoms with Gasteiger partial charge in [-0.05, 0) is 56.3 Å². The molecular formula is C17H26N2. The maximum Gasteiger partial charge on any atom is 0.0210 e. The normalized spacial score (nSPS) is 21.7. The molecule has 3 rings (SSSR count). The van der Waals surface area contributed by atoms with Crippen molar-refractivity contribution >= 4 is 0 Å². The van der Waals surface area contributed by atoms with Gasteiger partial charge in [0.2, 0.25) is 0 Å². The number of nitrogens with one attached hydrogen (secondary N) is 1. The molecule has 1 aromatic carbocycles. The third kappa shape index (κ3) is 3.37. The molecule has 2 aliphatic rings. The second kappa shape index (κ2) is 6.06. The van der Waals surface area contributed by atoms with Gasteiger partial charge >= 0.3 is 0 Å². The molecule has 1 aromatic rings. The summed E-state index contributed by atoms with van der Waals surface area (Å²) >= 11 is 0. The highest BCUT2D eigenvalue weighted by atomic mass is 15.2. The van der Waals surface area contributed by atoms with Crippen LogP contribution < -0.4 is 5.32 Å². The SMILES string of the molecule is CCc1ccccc1CNC1CCN(C2CC2)CC1. The minimum absolute atomic E-state index is 0.722. The molecule has 0 atom stereocenters. The minimum atomic E-state index is 0.722. The first-order chi connectivity index (χ1) is 9.36. The molecule has 19 heavy (non-hydrogen) atoms. The van der Waals surface area contributed by atoms with E-state index >= 15 is 0 Å². The Morgan fingerprint density at radius 2 is 1.74 bits per heavy atom. The maximum absolute atomic E-state index is 3.77. The average Bonchev–Trinajstić information content (AvgIpc) is 3.30. The zero-order chi connectivity index (χ0) is 13.1. The Morgan fingerprint density at radius 1 is 1.05 bits per heavy atom. The Labute approximate surface area is 117 Å². The molecule has 1 aliphatic carbocycles. The van der Waals surface area contributed by atoms with E-state index in [-0.39, 0.29) is 0 Å². The molecule has 0 spiro atoms. The second-order valence-corrected chi connectivity index (χ2v) is 6.04. The molecule has 2 nitrogen and oxygen atoms in total. The lowest BCUT2D eigenvalue weighted by molar-refractivity contribution is 0.189. The summed E-state index contributed by atoms with van der Waals surface area (Å²) in [4.78, 5) is 2.69. The molecule has 1 saturated heterocycles. The van der Waals surface area contributed by atoms with Crippen LogP contribution in [0.25, 0.3) is 0 Å². The van der Waals surface area contributed by atoms with Crippen molar-refractivity contribution in [1.29, 1.82) is 0 Å². The van der Waals surface area contributed by atoms with Crippen molar-refractivity contribution in [3.05, 3.63) is 35.4 Å². The number of piperidine rings is 1. The molecule has 2 heteroatoms. The van der Waals surface area contributed by atoms with Crippen LogP contribution in [0.3, 0.4) is 0 Å². The highest BCUT2D eigenvalue weighted by Gasteiger charge is 2.31. The van der Waals surface area contributed by atoms with E-state index in [9.17, 15) is 0 Å². The molecule has 1 saturated carbocycles. The van der Waals surface area contributed by atoms with Gasteiger partial charge in [-0.2, -0.15) is 0 Å². The van der Waals surface area contributed by atoms with Gasteiger partial charge in [0, 0.05) is 18.6 Å². The summed E-state index contributed by atoms with van der Waals surface area (Å²) in [7, 11) is 0. The molecule has 1 heterocycles. The smallest absolute Gasteiger partial charge is 0.0210 e. The largest absolute Gasteiger partial charge is 0.310 e. The Bertz CT molecular complexity index is 403. The summed E-state index contributed by atoms with van der Waals surface area (Å²) in [5, 5.41) is 3.77. The van der Waals surface area contributed by atoms with Gasteiger partial charge in [-0.25, -0.2) is 0 Å². The van der Waals surface area contributed by atoms with E-state index in [1.165, 1.54) is 49.9 Å². The Kier molecular flexibility index (Phi) is 4.19. The molecule has 0 unspecified atom stereocenters. The van der Waals surface area contributed by atoms with Gasteiger partial charge in [-0.3, -0.25) is 0 Å². The van der Waals surface area contributed by atoms with Crippen LogP contribution in [0.2, 0.25) is 0 Å². The van der Waals surface area contributed by atoms with Crippen LogP contribution in [0.5, 0.6) is 0 Å². The van der Waals surface area contributed by atoms with Crippen molar-refractivity contribution in [2.75, 3.05) is 13.1 Å². The Hall–Kier alpha value is -0.860. The summed E-state index contributed by atoms with van der Waals surface area (Å²) in [6.07, 6.45) is 6.68. The van der Waals surface area contributed by atoms with E-state index in [0.717, 1.165) is 25.0 Å². The fourth-order valence-electron chi connectivity index (χ4n) is 3.24. The lowest BCUT2D eigenvalue weighted by Crippen LogP contribution is -2.43. The zero-order valence-corrected chi connectivity index (χ0v) is 12.1. The molecule has 1 N–H and O–H groups in total. The van der Waals surface area contributed by atoms with Gasteiger partial charge in [-0.1, -0.05) is 31.2 Å². The lowest BCUT2D eigenvalue weighted by Gasteiger charge is -2.32. The molecule has 2 fully saturated rings. The van der Waals surface area contributed by atoms with Crippen LogP contribution in [-0.2, 0) is 13.0 Å². The number of hydrogen-bond acceptors (Lipinski definition) is 2. The number of benzene rings is 1. The number of likely N-dealkylation sites (tertiary alicyclic amines) is 1. The zero-order valence-electron chi connectivity index (χ0n) is 12.1. The molecule has 0 bridgehead atoms. The molecular weight excluding hydrogens is 232 g/mol. The quantitative estimate of drug-likeness (QED) is 0.873. The van der Waals surface area contributed by atoms with E-state index in [1.807, 2.05) is 0 Å². The van der Waals surface area contributed by atoms with Gasteiger partial charge in [0.05, 0.1) is 0 Å². The molecule has 0 amide bonds. The van der Waals surface area contributed by atoms with E-state index in [0.29, 0.717) is 0 Å². The van der Waals surface area contributed by atoms with E-state index < -0.39 is 0 Å². The number of nitrogens with zero attached hydrogens (tertiary/aromatic N) is 1. The first kappa shape index (κ1) is 13.1. The third-order valence-electron chi connectivity index (χ3n) is 4.67. The van der Waals surface area contributed by atoms with Crippen molar-refractivity contribution in [1.82, 2.24) is 10.2 Å². The number of rotatable bonds is 5.